The molecular formula is C25H23ClO. The summed E-state index contributed by atoms with van der Waals surface area (Å²) in [6.45, 7) is 4.25. The molecule has 1 N–H and O–H groups in total. The fourth-order valence-electron chi connectivity index (χ4n) is 4.00. The van der Waals surface area contributed by atoms with Crippen molar-refractivity contribution in [3.05, 3.63) is 99.1 Å². The van der Waals surface area contributed by atoms with Crippen molar-refractivity contribution < 1.29 is 5.11 Å². The van der Waals surface area contributed by atoms with E-state index in [1.54, 1.807) is 6.07 Å². The van der Waals surface area contributed by atoms with Gasteiger partial charge < -0.3 is 5.11 Å². The Morgan fingerprint density at radius 2 is 1.48 bits per heavy atom. The number of halogens is 1. The van der Waals surface area contributed by atoms with Crippen LogP contribution < -0.4 is 0 Å². The third-order valence-electron chi connectivity index (χ3n) is 5.33. The molecule has 0 saturated heterocycles. The number of benzene rings is 3. The van der Waals surface area contributed by atoms with Crippen LogP contribution >= 0.6 is 11.6 Å². The van der Waals surface area contributed by atoms with E-state index >= 15 is 0 Å². The Labute approximate surface area is 166 Å². The van der Waals surface area contributed by atoms with Crippen molar-refractivity contribution >= 4 is 22.7 Å². The zero-order valence-electron chi connectivity index (χ0n) is 15.7. The number of phenolic OH excluding ortho intramolecular Hbond substituents is 1. The van der Waals surface area contributed by atoms with Gasteiger partial charge in [-0.05, 0) is 79.1 Å². The van der Waals surface area contributed by atoms with E-state index < -0.39 is 0 Å². The summed E-state index contributed by atoms with van der Waals surface area (Å²) in [7, 11) is 0. The zero-order chi connectivity index (χ0) is 19.0. The van der Waals surface area contributed by atoms with E-state index in [0.717, 1.165) is 24.8 Å². The molecule has 0 bridgehead atoms. The second kappa shape index (κ2) is 7.25. The maximum atomic E-state index is 10.6. The zero-order valence-corrected chi connectivity index (χ0v) is 16.5. The minimum absolute atomic E-state index is 0.248. The molecule has 0 fully saturated rings. The molecule has 2 heteroatoms. The van der Waals surface area contributed by atoms with Crippen molar-refractivity contribution in [1.82, 2.24) is 0 Å². The molecule has 4 rings (SSSR count). The molecule has 1 aliphatic rings. The van der Waals surface area contributed by atoms with E-state index in [2.05, 4.69) is 56.3 Å². The number of aromatic hydroxyl groups is 1. The lowest BCUT2D eigenvalue weighted by Gasteiger charge is -2.18. The van der Waals surface area contributed by atoms with Crippen molar-refractivity contribution in [2.24, 2.45) is 0 Å². The predicted molar refractivity (Wildman–Crippen MR) is 114 cm³/mol. The number of phenols is 1. The quantitative estimate of drug-likeness (QED) is 0.514. The summed E-state index contributed by atoms with van der Waals surface area (Å²) < 4.78 is 0. The lowest BCUT2D eigenvalue weighted by molar-refractivity contribution is 0.473. The second-order valence-electron chi connectivity index (χ2n) is 7.40. The van der Waals surface area contributed by atoms with Gasteiger partial charge in [0.05, 0.1) is 0 Å². The summed E-state index contributed by atoms with van der Waals surface area (Å²) in [4.78, 5) is 0. The van der Waals surface area contributed by atoms with Gasteiger partial charge in [-0.1, -0.05) is 65.2 Å². The van der Waals surface area contributed by atoms with Crippen LogP contribution in [0.1, 0.15) is 46.2 Å². The van der Waals surface area contributed by atoms with Crippen molar-refractivity contribution in [2.75, 3.05) is 0 Å². The summed E-state index contributed by atoms with van der Waals surface area (Å²) in [6, 6.07) is 20.8. The van der Waals surface area contributed by atoms with Crippen LogP contribution in [0.4, 0.5) is 0 Å². The highest BCUT2D eigenvalue weighted by atomic mass is 35.5. The van der Waals surface area contributed by atoms with Crippen LogP contribution in [0.5, 0.6) is 5.75 Å². The molecule has 136 valence electrons. The lowest BCUT2D eigenvalue weighted by atomic mass is 9.87. The molecule has 1 aliphatic carbocycles. The number of allylic oxidation sites excluding steroid dienone is 1. The average molecular weight is 375 g/mol. The molecule has 0 atom stereocenters. The Bertz CT molecular complexity index is 1030. The second-order valence-corrected chi connectivity index (χ2v) is 7.83. The van der Waals surface area contributed by atoms with Crippen LogP contribution in [-0.2, 0) is 6.42 Å². The first kappa shape index (κ1) is 17.9. The molecule has 0 amide bonds. The van der Waals surface area contributed by atoms with Crippen LogP contribution in [0.25, 0.3) is 11.1 Å². The highest BCUT2D eigenvalue weighted by Crippen LogP contribution is 2.42. The number of rotatable bonds is 2. The molecular weight excluding hydrogens is 352 g/mol. The fourth-order valence-corrected chi connectivity index (χ4v) is 4.16. The minimum Gasteiger partial charge on any atom is -0.507 e. The molecule has 0 saturated carbocycles. The van der Waals surface area contributed by atoms with Crippen LogP contribution in [0.3, 0.4) is 0 Å². The normalized spacial score (nSPS) is 14.0. The van der Waals surface area contributed by atoms with Gasteiger partial charge >= 0.3 is 0 Å². The lowest BCUT2D eigenvalue weighted by Crippen LogP contribution is -1.97. The first-order chi connectivity index (χ1) is 13.0. The average Bonchev–Trinajstić information content (AvgIpc) is 2.81. The molecule has 0 aliphatic heterocycles. The van der Waals surface area contributed by atoms with Crippen molar-refractivity contribution in [3.63, 3.8) is 0 Å². The summed E-state index contributed by atoms with van der Waals surface area (Å²) in [5.74, 6) is 0.248. The van der Waals surface area contributed by atoms with E-state index in [1.165, 1.54) is 39.0 Å². The van der Waals surface area contributed by atoms with Crippen molar-refractivity contribution in [3.8, 4) is 5.75 Å². The molecule has 0 spiro atoms. The first-order valence-electron chi connectivity index (χ1n) is 9.42. The van der Waals surface area contributed by atoms with Gasteiger partial charge in [0.2, 0.25) is 0 Å². The van der Waals surface area contributed by atoms with E-state index in [0.29, 0.717) is 5.02 Å². The van der Waals surface area contributed by atoms with Crippen LogP contribution in [0.2, 0.25) is 5.02 Å². The summed E-state index contributed by atoms with van der Waals surface area (Å²) in [5, 5.41) is 11.2. The first-order valence-corrected chi connectivity index (χ1v) is 9.80. The molecule has 27 heavy (non-hydrogen) atoms. The molecule has 0 heterocycles. The Balaban J connectivity index is 2.03. The fraction of sp³-hybridized carbons (Fsp3) is 0.200. The Morgan fingerprint density at radius 3 is 2.22 bits per heavy atom. The van der Waals surface area contributed by atoms with Gasteiger partial charge in [-0.15, -0.1) is 0 Å². The van der Waals surface area contributed by atoms with Crippen molar-refractivity contribution in [2.45, 2.75) is 33.1 Å². The molecule has 3 aromatic rings. The summed E-state index contributed by atoms with van der Waals surface area (Å²) >= 11 is 6.08. The Kier molecular flexibility index (Phi) is 4.80. The van der Waals surface area contributed by atoms with Gasteiger partial charge in [-0.2, -0.15) is 0 Å². The largest absolute Gasteiger partial charge is 0.507 e. The molecule has 0 radical (unpaired) electrons. The monoisotopic (exact) mass is 374 g/mol. The SMILES string of the molecule is Cc1ccc(C2=C(c3ccc(Cl)cc3O)CCCc3cc(C)ccc32)cc1. The maximum Gasteiger partial charge on any atom is 0.124 e. The van der Waals surface area contributed by atoms with Crippen LogP contribution in [-0.4, -0.2) is 5.11 Å². The number of hydrogen-bond acceptors (Lipinski definition) is 1. The van der Waals surface area contributed by atoms with E-state index in [4.69, 9.17) is 11.6 Å². The van der Waals surface area contributed by atoms with Gasteiger partial charge in [0.15, 0.2) is 0 Å². The highest BCUT2D eigenvalue weighted by molar-refractivity contribution is 6.30. The van der Waals surface area contributed by atoms with Crippen LogP contribution in [0, 0.1) is 13.8 Å². The topological polar surface area (TPSA) is 20.2 Å². The van der Waals surface area contributed by atoms with E-state index in [1.807, 2.05) is 12.1 Å². The van der Waals surface area contributed by atoms with E-state index in [9.17, 15) is 5.11 Å². The third-order valence-corrected chi connectivity index (χ3v) is 5.56. The van der Waals surface area contributed by atoms with E-state index in [-0.39, 0.29) is 5.75 Å². The molecule has 0 unspecified atom stereocenters. The number of fused-ring (bicyclic) bond motifs is 1. The highest BCUT2D eigenvalue weighted by Gasteiger charge is 2.21. The standard InChI is InChI=1S/C25H23ClO/c1-16-6-9-18(10-7-16)25-21-12-8-17(2)14-19(21)4-3-5-23(25)22-13-11-20(26)15-24(22)27/h6-15,27H,3-5H2,1-2H3. The molecule has 0 aromatic heterocycles. The predicted octanol–water partition coefficient (Wildman–Crippen LogP) is 6.96. The Morgan fingerprint density at radius 1 is 0.778 bits per heavy atom. The maximum absolute atomic E-state index is 10.6. The third kappa shape index (κ3) is 3.52. The van der Waals surface area contributed by atoms with Gasteiger partial charge in [-0.3, -0.25) is 0 Å². The van der Waals surface area contributed by atoms with Crippen LogP contribution in [0.15, 0.2) is 60.7 Å². The number of aryl methyl sites for hydroxylation is 3. The minimum atomic E-state index is 0.248. The number of hydrogen-bond donors (Lipinski definition) is 1. The molecule has 3 aromatic carbocycles. The van der Waals surface area contributed by atoms with Gasteiger partial charge in [-0.25, -0.2) is 0 Å². The smallest absolute Gasteiger partial charge is 0.124 e. The Hall–Kier alpha value is -2.51. The van der Waals surface area contributed by atoms with Gasteiger partial charge in [0.25, 0.3) is 0 Å². The van der Waals surface area contributed by atoms with Crippen molar-refractivity contribution in [1.29, 1.82) is 0 Å². The van der Waals surface area contributed by atoms with Gasteiger partial charge in [0, 0.05) is 10.6 Å². The summed E-state index contributed by atoms with van der Waals surface area (Å²) in [6.07, 6.45) is 3.03. The van der Waals surface area contributed by atoms with Gasteiger partial charge in [0.1, 0.15) is 5.75 Å². The summed E-state index contributed by atoms with van der Waals surface area (Å²) in [5.41, 5.74) is 9.67. The molecule has 1 nitrogen and oxygen atoms in total.